The van der Waals surface area contributed by atoms with Crippen molar-refractivity contribution in [3.63, 3.8) is 0 Å². The van der Waals surface area contributed by atoms with Crippen LogP contribution in [0.1, 0.15) is 15.9 Å². The monoisotopic (exact) mass is 464 g/mol. The molecule has 1 saturated heterocycles. The Hall–Kier alpha value is -3.36. The molecule has 2 heterocycles. The largest absolute Gasteiger partial charge is 0.497 e. The van der Waals surface area contributed by atoms with Crippen LogP contribution < -0.4 is 9.64 Å². The Morgan fingerprint density at radius 3 is 2.38 bits per heavy atom. The quantitative estimate of drug-likeness (QED) is 0.481. The van der Waals surface area contributed by atoms with E-state index in [-0.39, 0.29) is 5.91 Å². The number of piperazine rings is 1. The molecule has 34 heavy (non-hydrogen) atoms. The first-order valence-electron chi connectivity index (χ1n) is 11.5. The first kappa shape index (κ1) is 23.8. The van der Waals surface area contributed by atoms with Gasteiger partial charge in [-0.05, 0) is 31.3 Å². The molecule has 0 atom stereocenters. The van der Waals surface area contributed by atoms with Gasteiger partial charge in [-0.3, -0.25) is 4.79 Å². The maximum absolute atomic E-state index is 13.5. The highest BCUT2D eigenvalue weighted by molar-refractivity contribution is 5.94. The second-order valence-electron chi connectivity index (χ2n) is 8.42. The fourth-order valence-electron chi connectivity index (χ4n) is 4.08. The summed E-state index contributed by atoms with van der Waals surface area (Å²) < 4.78 is 16.5. The van der Waals surface area contributed by atoms with Crippen molar-refractivity contribution in [2.75, 3.05) is 65.5 Å². The second kappa shape index (κ2) is 11.2. The molecule has 1 aromatic heterocycles. The number of carbonyl (C=O) groups is 1. The van der Waals surface area contributed by atoms with Gasteiger partial charge < -0.3 is 28.7 Å². The molecule has 1 aliphatic rings. The molecule has 0 aliphatic carbocycles. The molecule has 1 fully saturated rings. The van der Waals surface area contributed by atoms with E-state index in [1.807, 2.05) is 30.3 Å². The SMILES string of the molecule is COCCN(Cc1c(-c2ccccc2)noc1N1CCN(C)CC1)C(=O)c1ccc(OC)cc1. The van der Waals surface area contributed by atoms with E-state index in [1.165, 1.54) is 0 Å². The molecular formula is C26H32N4O4. The fourth-order valence-corrected chi connectivity index (χ4v) is 4.08. The minimum Gasteiger partial charge on any atom is -0.497 e. The predicted octanol–water partition coefficient (Wildman–Crippen LogP) is 3.39. The van der Waals surface area contributed by atoms with Crippen LogP contribution in [0.3, 0.4) is 0 Å². The summed E-state index contributed by atoms with van der Waals surface area (Å²) in [6.45, 7) is 4.82. The zero-order valence-corrected chi connectivity index (χ0v) is 20.1. The molecule has 180 valence electrons. The highest BCUT2D eigenvalue weighted by Crippen LogP contribution is 2.33. The van der Waals surface area contributed by atoms with Gasteiger partial charge in [-0.15, -0.1) is 0 Å². The molecule has 1 aliphatic heterocycles. The maximum Gasteiger partial charge on any atom is 0.254 e. The molecule has 0 N–H and O–H groups in total. The van der Waals surface area contributed by atoms with Crippen molar-refractivity contribution in [3.8, 4) is 17.0 Å². The van der Waals surface area contributed by atoms with E-state index in [0.717, 1.165) is 48.9 Å². The second-order valence-corrected chi connectivity index (χ2v) is 8.42. The highest BCUT2D eigenvalue weighted by Gasteiger charge is 2.28. The number of aromatic nitrogens is 1. The lowest BCUT2D eigenvalue weighted by Gasteiger charge is -2.33. The van der Waals surface area contributed by atoms with Crippen LogP contribution in [0.4, 0.5) is 5.88 Å². The standard InChI is InChI=1S/C26H32N4O4/c1-28-13-15-29(16-14-28)26-23(24(27-34-26)20-7-5-4-6-8-20)19-30(17-18-32-2)25(31)21-9-11-22(33-3)12-10-21/h4-12H,13-19H2,1-3H3. The normalized spacial score (nSPS) is 14.3. The van der Waals surface area contributed by atoms with E-state index in [9.17, 15) is 4.79 Å². The molecule has 4 rings (SSSR count). The number of likely N-dealkylation sites (N-methyl/N-ethyl adjacent to an activating group) is 1. The minimum atomic E-state index is -0.0794. The third-order valence-electron chi connectivity index (χ3n) is 6.14. The predicted molar refractivity (Wildman–Crippen MR) is 131 cm³/mol. The van der Waals surface area contributed by atoms with Crippen molar-refractivity contribution in [3.05, 3.63) is 65.7 Å². The zero-order chi connectivity index (χ0) is 23.9. The number of hydrogen-bond donors (Lipinski definition) is 0. The summed E-state index contributed by atoms with van der Waals surface area (Å²) in [7, 11) is 5.37. The van der Waals surface area contributed by atoms with Crippen molar-refractivity contribution >= 4 is 11.8 Å². The summed E-state index contributed by atoms with van der Waals surface area (Å²) in [6.07, 6.45) is 0. The van der Waals surface area contributed by atoms with Crippen molar-refractivity contribution in [2.45, 2.75) is 6.54 Å². The summed E-state index contributed by atoms with van der Waals surface area (Å²) in [5.41, 5.74) is 3.23. The van der Waals surface area contributed by atoms with E-state index in [1.54, 1.807) is 43.4 Å². The third-order valence-corrected chi connectivity index (χ3v) is 6.14. The number of anilines is 1. The lowest BCUT2D eigenvalue weighted by molar-refractivity contribution is 0.0680. The van der Waals surface area contributed by atoms with Crippen LogP contribution in [0.5, 0.6) is 5.75 Å². The van der Waals surface area contributed by atoms with Gasteiger partial charge in [0, 0.05) is 51.0 Å². The topological polar surface area (TPSA) is 71.3 Å². The van der Waals surface area contributed by atoms with Gasteiger partial charge in [-0.25, -0.2) is 0 Å². The number of methoxy groups -OCH3 is 2. The summed E-state index contributed by atoms with van der Waals surface area (Å²) in [6, 6.07) is 17.1. The van der Waals surface area contributed by atoms with Crippen LogP contribution in [0.25, 0.3) is 11.3 Å². The maximum atomic E-state index is 13.5. The van der Waals surface area contributed by atoms with Gasteiger partial charge in [0.2, 0.25) is 5.88 Å². The Labute approximate surface area is 200 Å². The molecule has 0 spiro atoms. The number of ether oxygens (including phenoxy) is 2. The summed E-state index contributed by atoms with van der Waals surface area (Å²) in [5, 5.41) is 4.45. The van der Waals surface area contributed by atoms with Crippen molar-refractivity contribution in [1.82, 2.24) is 15.0 Å². The van der Waals surface area contributed by atoms with Gasteiger partial charge in [0.15, 0.2) is 0 Å². The van der Waals surface area contributed by atoms with E-state index in [4.69, 9.17) is 14.0 Å². The Balaban J connectivity index is 1.68. The highest BCUT2D eigenvalue weighted by atomic mass is 16.5. The summed E-state index contributed by atoms with van der Waals surface area (Å²) >= 11 is 0. The Kier molecular flexibility index (Phi) is 7.82. The number of benzene rings is 2. The van der Waals surface area contributed by atoms with Crippen LogP contribution in [0.15, 0.2) is 59.1 Å². The third kappa shape index (κ3) is 5.40. The van der Waals surface area contributed by atoms with Crippen molar-refractivity contribution in [1.29, 1.82) is 0 Å². The van der Waals surface area contributed by atoms with Gasteiger partial charge >= 0.3 is 0 Å². The van der Waals surface area contributed by atoms with Crippen LogP contribution in [-0.4, -0.2) is 81.5 Å². The smallest absolute Gasteiger partial charge is 0.254 e. The van der Waals surface area contributed by atoms with Crippen LogP contribution >= 0.6 is 0 Å². The first-order chi connectivity index (χ1) is 16.6. The molecule has 8 nitrogen and oxygen atoms in total. The molecule has 1 amide bonds. The number of carbonyl (C=O) groups excluding carboxylic acids is 1. The van der Waals surface area contributed by atoms with Gasteiger partial charge in [0.25, 0.3) is 5.91 Å². The van der Waals surface area contributed by atoms with Crippen LogP contribution in [0, 0.1) is 0 Å². The molecular weight excluding hydrogens is 432 g/mol. The average Bonchev–Trinajstić information content (AvgIpc) is 3.30. The average molecular weight is 465 g/mol. The molecule has 2 aromatic carbocycles. The number of hydrogen-bond acceptors (Lipinski definition) is 7. The molecule has 0 bridgehead atoms. The molecule has 0 unspecified atom stereocenters. The Morgan fingerprint density at radius 1 is 1.03 bits per heavy atom. The van der Waals surface area contributed by atoms with Crippen LogP contribution in [-0.2, 0) is 11.3 Å². The fraction of sp³-hybridized carbons (Fsp3) is 0.385. The van der Waals surface area contributed by atoms with Gasteiger partial charge in [0.1, 0.15) is 11.4 Å². The Morgan fingerprint density at radius 2 is 1.74 bits per heavy atom. The number of amides is 1. The number of rotatable bonds is 9. The number of nitrogens with zero attached hydrogens (tertiary/aromatic N) is 4. The Bertz CT molecular complexity index is 1060. The molecule has 0 saturated carbocycles. The van der Waals surface area contributed by atoms with Gasteiger partial charge in [-0.2, -0.15) is 0 Å². The van der Waals surface area contributed by atoms with Crippen molar-refractivity contribution in [2.24, 2.45) is 0 Å². The minimum absolute atomic E-state index is 0.0794. The summed E-state index contributed by atoms with van der Waals surface area (Å²) in [5.74, 6) is 1.36. The van der Waals surface area contributed by atoms with E-state index in [0.29, 0.717) is 31.0 Å². The van der Waals surface area contributed by atoms with Crippen LogP contribution in [0.2, 0.25) is 0 Å². The van der Waals surface area contributed by atoms with E-state index in [2.05, 4.69) is 22.0 Å². The van der Waals surface area contributed by atoms with E-state index < -0.39 is 0 Å². The lowest BCUT2D eigenvalue weighted by atomic mass is 10.1. The molecule has 3 aromatic rings. The summed E-state index contributed by atoms with van der Waals surface area (Å²) in [4.78, 5) is 19.8. The zero-order valence-electron chi connectivity index (χ0n) is 20.1. The molecule has 8 heteroatoms. The van der Waals surface area contributed by atoms with Crippen molar-refractivity contribution < 1.29 is 18.8 Å². The first-order valence-corrected chi connectivity index (χ1v) is 11.5. The molecule has 0 radical (unpaired) electrons. The lowest BCUT2D eigenvalue weighted by Crippen LogP contribution is -2.45. The van der Waals surface area contributed by atoms with E-state index >= 15 is 0 Å². The van der Waals surface area contributed by atoms with Gasteiger partial charge in [0.05, 0.1) is 25.8 Å². The van der Waals surface area contributed by atoms with Gasteiger partial charge in [-0.1, -0.05) is 35.5 Å².